The molecule has 4 rings (SSSR count). The number of aliphatic hydroxyl groups is 1. The zero-order valence-electron chi connectivity index (χ0n) is 20.4. The summed E-state index contributed by atoms with van der Waals surface area (Å²) < 4.78 is 30.7. The Labute approximate surface area is 223 Å². The van der Waals surface area contributed by atoms with Crippen LogP contribution in [0.1, 0.15) is 44.7 Å². The van der Waals surface area contributed by atoms with Gasteiger partial charge in [0.2, 0.25) is 11.9 Å². The lowest BCUT2D eigenvalue weighted by molar-refractivity contribution is -0.124. The average Bonchev–Trinajstić information content (AvgIpc) is 3.27. The normalized spacial score (nSPS) is 24.7. The van der Waals surface area contributed by atoms with Crippen LogP contribution in [0.2, 0.25) is 10.0 Å². The van der Waals surface area contributed by atoms with Crippen LogP contribution in [0, 0.1) is 0 Å². The van der Waals surface area contributed by atoms with Crippen LogP contribution in [0.4, 0.5) is 20.5 Å². The predicted molar refractivity (Wildman–Crippen MR) is 138 cm³/mol. The highest BCUT2D eigenvalue weighted by molar-refractivity contribution is 6.35. The molecule has 4 N–H and O–H groups in total. The molecule has 0 aliphatic carbocycles. The molecule has 13 heteroatoms. The first kappa shape index (κ1) is 27.6. The Kier molecular flexibility index (Phi) is 8.89. The van der Waals surface area contributed by atoms with Crippen LogP contribution in [0.5, 0.6) is 5.75 Å². The van der Waals surface area contributed by atoms with Gasteiger partial charge in [-0.25, -0.2) is 4.98 Å². The number of anilines is 2. The number of hydrogen-bond acceptors (Lipinski definition) is 8. The van der Waals surface area contributed by atoms with Crippen LogP contribution in [0.3, 0.4) is 0 Å². The number of nitrogens with zero attached hydrogens (tertiary/aromatic N) is 3. The van der Waals surface area contributed by atoms with Crippen molar-refractivity contribution in [1.29, 1.82) is 0 Å². The minimum atomic E-state index is -3.07. The average molecular weight is 559 g/mol. The van der Waals surface area contributed by atoms with Crippen molar-refractivity contribution in [3.8, 4) is 5.75 Å². The van der Waals surface area contributed by atoms with Crippen molar-refractivity contribution < 1.29 is 23.4 Å². The number of carbonyl (C=O) groups is 1. The third kappa shape index (κ3) is 6.90. The molecular weight excluding hydrogens is 529 g/mol. The molecule has 1 aromatic carbocycles. The number of halogens is 4. The summed E-state index contributed by atoms with van der Waals surface area (Å²) in [5.41, 5.74) is 0.687. The predicted octanol–water partition coefficient (Wildman–Crippen LogP) is 3.75. The molecule has 2 saturated heterocycles. The number of benzene rings is 1. The van der Waals surface area contributed by atoms with Gasteiger partial charge >= 0.3 is 6.61 Å². The molecule has 0 saturated carbocycles. The molecule has 0 radical (unpaired) electrons. The minimum absolute atomic E-state index is 0.0511. The molecule has 5 atom stereocenters. The van der Waals surface area contributed by atoms with E-state index < -0.39 is 24.8 Å². The van der Waals surface area contributed by atoms with Crippen molar-refractivity contribution in [3.63, 3.8) is 0 Å². The standard InChI is InChI=1S/C24H30Cl2F2N6O3/c1-12-3-6-18(30-12)22(36)32-17-7-8-34(11-19(17)35)24-29-10-20(37-23(27)28)21(33-24)31-13(2)15-5-4-14(25)9-16(15)26/h4-5,9-10,12-13,17-19,23,30,35H,3,6-8,11H2,1-2H3,(H,32,36)(H,29,31,33)/t12?,13-,17+,18?,19+/m1/s1. The van der Waals surface area contributed by atoms with Gasteiger partial charge in [0.15, 0.2) is 11.6 Å². The summed E-state index contributed by atoms with van der Waals surface area (Å²) in [5, 5.41) is 20.9. The Balaban J connectivity index is 1.46. The number of β-amino-alcohol motifs (C(OH)–C–C–N with tert-alkyl or cyclic N) is 1. The van der Waals surface area contributed by atoms with Gasteiger partial charge in [-0.1, -0.05) is 29.3 Å². The Bertz CT molecular complexity index is 1110. The fourth-order valence-corrected chi connectivity index (χ4v) is 5.21. The first-order valence-electron chi connectivity index (χ1n) is 12.1. The first-order chi connectivity index (χ1) is 17.6. The molecule has 2 unspecified atom stereocenters. The van der Waals surface area contributed by atoms with Gasteiger partial charge in [-0.05, 0) is 50.8 Å². The summed E-state index contributed by atoms with van der Waals surface area (Å²) >= 11 is 12.3. The molecule has 1 amide bonds. The molecule has 2 aromatic rings. The molecule has 202 valence electrons. The fraction of sp³-hybridized carbons (Fsp3) is 0.542. The molecule has 2 aliphatic heterocycles. The zero-order chi connectivity index (χ0) is 26.7. The number of piperidine rings is 1. The number of ether oxygens (including phenoxy) is 1. The second-order valence-electron chi connectivity index (χ2n) is 9.41. The van der Waals surface area contributed by atoms with Gasteiger partial charge in [0.05, 0.1) is 30.4 Å². The van der Waals surface area contributed by atoms with E-state index in [0.717, 1.165) is 12.8 Å². The SMILES string of the molecule is CC1CCC(C(=O)N[C@H]2CCN(c3ncc(OC(F)F)c(N[C@H](C)c4ccc(Cl)cc4Cl)n3)C[C@@H]2O)N1. The van der Waals surface area contributed by atoms with Gasteiger partial charge in [0.1, 0.15) is 0 Å². The number of aromatic nitrogens is 2. The van der Waals surface area contributed by atoms with E-state index in [1.807, 2.05) is 6.92 Å². The van der Waals surface area contributed by atoms with Crippen LogP contribution < -0.4 is 25.6 Å². The minimum Gasteiger partial charge on any atom is -0.429 e. The van der Waals surface area contributed by atoms with Gasteiger partial charge in [0.25, 0.3) is 0 Å². The van der Waals surface area contributed by atoms with E-state index in [1.165, 1.54) is 6.20 Å². The highest BCUT2D eigenvalue weighted by Gasteiger charge is 2.34. The number of rotatable bonds is 8. The number of nitrogens with one attached hydrogen (secondary N) is 3. The third-order valence-corrected chi connectivity index (χ3v) is 7.19. The topological polar surface area (TPSA) is 112 Å². The maximum Gasteiger partial charge on any atom is 0.387 e. The van der Waals surface area contributed by atoms with Crippen LogP contribution >= 0.6 is 23.2 Å². The summed E-state index contributed by atoms with van der Waals surface area (Å²) in [7, 11) is 0. The number of carbonyl (C=O) groups excluding carboxylic acids is 1. The van der Waals surface area contributed by atoms with Crippen molar-refractivity contribution >= 4 is 40.9 Å². The fourth-order valence-electron chi connectivity index (χ4n) is 4.63. The van der Waals surface area contributed by atoms with Gasteiger partial charge in [-0.3, -0.25) is 4.79 Å². The van der Waals surface area contributed by atoms with E-state index in [-0.39, 0.29) is 42.1 Å². The van der Waals surface area contributed by atoms with Crippen LogP contribution in [-0.2, 0) is 4.79 Å². The Morgan fingerprint density at radius 1 is 1.30 bits per heavy atom. The molecule has 3 heterocycles. The van der Waals surface area contributed by atoms with Crippen molar-refractivity contribution in [2.24, 2.45) is 0 Å². The third-order valence-electron chi connectivity index (χ3n) is 6.62. The maximum absolute atomic E-state index is 13.0. The molecule has 1 aromatic heterocycles. The summed E-state index contributed by atoms with van der Waals surface area (Å²) in [6.07, 6.45) is 2.47. The quantitative estimate of drug-likeness (QED) is 0.387. The van der Waals surface area contributed by atoms with Crippen LogP contribution in [0.25, 0.3) is 0 Å². The molecule has 0 bridgehead atoms. The second-order valence-corrected chi connectivity index (χ2v) is 10.3. The highest BCUT2D eigenvalue weighted by Crippen LogP contribution is 2.33. The van der Waals surface area contributed by atoms with Gasteiger partial charge in [0, 0.05) is 29.2 Å². The number of aliphatic hydroxyl groups excluding tert-OH is 1. The summed E-state index contributed by atoms with van der Waals surface area (Å²) in [5.74, 6) is -0.0617. The van der Waals surface area contributed by atoms with Crippen molar-refractivity contribution in [1.82, 2.24) is 20.6 Å². The largest absolute Gasteiger partial charge is 0.429 e. The molecule has 0 spiro atoms. The molecule has 2 aliphatic rings. The van der Waals surface area contributed by atoms with E-state index in [0.29, 0.717) is 28.6 Å². The monoisotopic (exact) mass is 558 g/mol. The lowest BCUT2D eigenvalue weighted by Gasteiger charge is -2.36. The maximum atomic E-state index is 13.0. The number of hydrogen-bond donors (Lipinski definition) is 4. The number of alkyl halides is 2. The Hall–Kier alpha value is -2.47. The highest BCUT2D eigenvalue weighted by atomic mass is 35.5. The van der Waals surface area contributed by atoms with E-state index >= 15 is 0 Å². The van der Waals surface area contributed by atoms with Gasteiger partial charge < -0.3 is 30.7 Å². The second kappa shape index (κ2) is 11.9. The van der Waals surface area contributed by atoms with Crippen molar-refractivity contribution in [2.75, 3.05) is 23.3 Å². The summed E-state index contributed by atoms with van der Waals surface area (Å²) in [6, 6.07) is 4.20. The van der Waals surface area contributed by atoms with Crippen molar-refractivity contribution in [3.05, 3.63) is 40.0 Å². The lowest BCUT2D eigenvalue weighted by Crippen LogP contribution is -2.57. The Morgan fingerprint density at radius 3 is 2.73 bits per heavy atom. The smallest absolute Gasteiger partial charge is 0.387 e. The molecule has 2 fully saturated rings. The van der Waals surface area contributed by atoms with Crippen LogP contribution in [-0.4, -0.2) is 64.9 Å². The van der Waals surface area contributed by atoms with E-state index in [9.17, 15) is 18.7 Å². The lowest BCUT2D eigenvalue weighted by atomic mass is 10.0. The molecule has 9 nitrogen and oxygen atoms in total. The van der Waals surface area contributed by atoms with Crippen LogP contribution in [0.15, 0.2) is 24.4 Å². The number of amides is 1. The first-order valence-corrected chi connectivity index (χ1v) is 12.9. The molecular formula is C24H30Cl2F2N6O3. The summed E-state index contributed by atoms with van der Waals surface area (Å²) in [6.45, 7) is 1.37. The Morgan fingerprint density at radius 2 is 2.08 bits per heavy atom. The van der Waals surface area contributed by atoms with Gasteiger partial charge in [-0.2, -0.15) is 13.8 Å². The zero-order valence-corrected chi connectivity index (χ0v) is 21.9. The van der Waals surface area contributed by atoms with E-state index in [4.69, 9.17) is 23.2 Å². The van der Waals surface area contributed by atoms with Crippen molar-refractivity contribution in [2.45, 2.75) is 70.0 Å². The van der Waals surface area contributed by atoms with E-state index in [1.54, 1.807) is 30.0 Å². The van der Waals surface area contributed by atoms with E-state index in [2.05, 4.69) is 30.7 Å². The van der Waals surface area contributed by atoms with Gasteiger partial charge in [-0.15, -0.1) is 0 Å². The summed E-state index contributed by atoms with van der Waals surface area (Å²) in [4.78, 5) is 22.9. The molecule has 37 heavy (non-hydrogen) atoms.